The fraction of sp³-hybridized carbons (Fsp3) is 0.257. The Balaban J connectivity index is 1.45. The number of hydrogen-bond donors (Lipinski definition) is 1. The molecule has 8 heteroatoms. The zero-order valence-electron chi connectivity index (χ0n) is 24.5. The number of fused-ring (bicyclic) bond motifs is 1. The van der Waals surface area contributed by atoms with Gasteiger partial charge in [-0.3, -0.25) is 14.7 Å². The van der Waals surface area contributed by atoms with Gasteiger partial charge in [0.1, 0.15) is 5.76 Å². The van der Waals surface area contributed by atoms with Crippen molar-refractivity contribution in [3.8, 4) is 11.1 Å². The average molecular weight is 587 g/mol. The molecule has 0 fully saturated rings. The predicted molar refractivity (Wildman–Crippen MR) is 160 cm³/mol. The molecule has 1 N–H and O–H groups in total. The second-order valence-corrected chi connectivity index (χ2v) is 11.4. The Kier molecular flexibility index (Phi) is 8.16. The molecule has 0 amide bonds. The Morgan fingerprint density at radius 2 is 1.58 bits per heavy atom. The summed E-state index contributed by atoms with van der Waals surface area (Å²) < 4.78 is 45.0. The number of para-hydroxylation sites is 1. The molecular formula is C35H33F3N2O3. The maximum absolute atomic E-state index is 13.3. The number of furan rings is 1. The number of benzene rings is 3. The summed E-state index contributed by atoms with van der Waals surface area (Å²) in [5.74, 6) is -1.68. The van der Waals surface area contributed by atoms with Gasteiger partial charge in [0.15, 0.2) is 0 Å². The van der Waals surface area contributed by atoms with Crippen molar-refractivity contribution in [1.29, 1.82) is 0 Å². The molecule has 0 spiro atoms. The summed E-state index contributed by atoms with van der Waals surface area (Å²) in [7, 11) is 0. The number of alkyl halides is 3. The van der Waals surface area contributed by atoms with Gasteiger partial charge in [0.25, 0.3) is 0 Å². The van der Waals surface area contributed by atoms with E-state index < -0.39 is 23.3 Å². The van der Waals surface area contributed by atoms with E-state index in [1.807, 2.05) is 86.6 Å². The van der Waals surface area contributed by atoms with Gasteiger partial charge in [-0.1, -0.05) is 66.7 Å². The van der Waals surface area contributed by atoms with Crippen LogP contribution in [0.4, 0.5) is 13.2 Å². The highest BCUT2D eigenvalue weighted by molar-refractivity contribution is 5.83. The quantitative estimate of drug-likeness (QED) is 0.187. The lowest BCUT2D eigenvalue weighted by atomic mass is 9.83. The molecule has 0 radical (unpaired) electrons. The Morgan fingerprint density at radius 1 is 0.860 bits per heavy atom. The van der Waals surface area contributed by atoms with E-state index in [2.05, 4.69) is 4.90 Å². The number of hydrogen-bond acceptors (Lipinski definition) is 4. The van der Waals surface area contributed by atoms with Gasteiger partial charge >= 0.3 is 12.1 Å². The van der Waals surface area contributed by atoms with Crippen molar-refractivity contribution in [1.82, 2.24) is 9.88 Å². The number of halogens is 3. The third-order valence-electron chi connectivity index (χ3n) is 8.03. The Hall–Kier alpha value is -4.43. The van der Waals surface area contributed by atoms with Crippen LogP contribution in [-0.4, -0.2) is 21.0 Å². The van der Waals surface area contributed by atoms with Gasteiger partial charge in [-0.25, -0.2) is 0 Å². The standard InChI is InChI=1S/C35H33F3N2O3/c1-22-23(2)39-31-11-6-5-10-29(31)30(22)21-40(20-28-16-17-32(43-28)35(36,37)38)19-24-12-14-25(15-13-24)26-8-7-9-27(18-26)34(3,4)33(41)42/h5-18H,19-21H2,1-4H3,(H,41,42). The lowest BCUT2D eigenvalue weighted by molar-refractivity contribution is -0.153. The summed E-state index contributed by atoms with van der Waals surface area (Å²) >= 11 is 0. The second-order valence-electron chi connectivity index (χ2n) is 11.4. The zero-order valence-corrected chi connectivity index (χ0v) is 24.5. The summed E-state index contributed by atoms with van der Waals surface area (Å²) in [6.45, 7) is 8.46. The molecule has 0 unspecified atom stereocenters. The van der Waals surface area contributed by atoms with Crippen LogP contribution in [0.15, 0.2) is 89.3 Å². The topological polar surface area (TPSA) is 66.6 Å². The Labute approximate surface area is 248 Å². The summed E-state index contributed by atoms with van der Waals surface area (Å²) in [4.78, 5) is 18.6. The maximum Gasteiger partial charge on any atom is 0.449 e. The first-order valence-corrected chi connectivity index (χ1v) is 14.0. The van der Waals surface area contributed by atoms with E-state index in [1.54, 1.807) is 13.8 Å². The fourth-order valence-electron chi connectivity index (χ4n) is 5.21. The lowest BCUT2D eigenvalue weighted by Crippen LogP contribution is -2.28. The molecule has 5 nitrogen and oxygen atoms in total. The van der Waals surface area contributed by atoms with Crippen LogP contribution in [0.3, 0.4) is 0 Å². The normalized spacial score (nSPS) is 12.3. The molecule has 0 saturated heterocycles. The number of aryl methyl sites for hydroxylation is 1. The molecule has 43 heavy (non-hydrogen) atoms. The van der Waals surface area contributed by atoms with Gasteiger partial charge in [0, 0.05) is 24.2 Å². The molecule has 0 aliphatic heterocycles. The van der Waals surface area contributed by atoms with E-state index in [1.165, 1.54) is 6.07 Å². The smallest absolute Gasteiger partial charge is 0.449 e. The highest BCUT2D eigenvalue weighted by Crippen LogP contribution is 2.32. The number of carbonyl (C=O) groups is 1. The molecule has 3 aromatic carbocycles. The lowest BCUT2D eigenvalue weighted by Gasteiger charge is -2.24. The van der Waals surface area contributed by atoms with Crippen LogP contribution < -0.4 is 0 Å². The van der Waals surface area contributed by atoms with Crippen LogP contribution >= 0.6 is 0 Å². The van der Waals surface area contributed by atoms with Crippen molar-refractivity contribution < 1.29 is 27.5 Å². The van der Waals surface area contributed by atoms with E-state index in [0.29, 0.717) is 18.7 Å². The molecule has 2 aromatic heterocycles. The van der Waals surface area contributed by atoms with E-state index in [9.17, 15) is 23.1 Å². The van der Waals surface area contributed by atoms with E-state index in [-0.39, 0.29) is 12.3 Å². The number of nitrogens with zero attached hydrogens (tertiary/aromatic N) is 2. The minimum atomic E-state index is -4.55. The van der Waals surface area contributed by atoms with Gasteiger partial charge in [-0.05, 0) is 79.3 Å². The van der Waals surface area contributed by atoms with Gasteiger partial charge in [-0.2, -0.15) is 13.2 Å². The molecule has 0 bridgehead atoms. The highest BCUT2D eigenvalue weighted by Gasteiger charge is 2.35. The fourth-order valence-corrected chi connectivity index (χ4v) is 5.21. The Bertz CT molecular complexity index is 1770. The molecule has 0 atom stereocenters. The predicted octanol–water partition coefficient (Wildman–Crippen LogP) is 8.70. The van der Waals surface area contributed by atoms with Crippen molar-refractivity contribution in [3.05, 3.63) is 124 Å². The second kappa shape index (κ2) is 11.7. The van der Waals surface area contributed by atoms with Crippen molar-refractivity contribution in [2.24, 2.45) is 0 Å². The molecule has 0 saturated carbocycles. The molecule has 222 valence electrons. The zero-order chi connectivity index (χ0) is 30.9. The molecule has 2 heterocycles. The number of aromatic nitrogens is 1. The van der Waals surface area contributed by atoms with E-state index >= 15 is 0 Å². The third kappa shape index (κ3) is 6.49. The minimum Gasteiger partial charge on any atom is -0.481 e. The van der Waals surface area contributed by atoms with E-state index in [4.69, 9.17) is 9.40 Å². The van der Waals surface area contributed by atoms with Crippen molar-refractivity contribution in [3.63, 3.8) is 0 Å². The molecule has 0 aliphatic carbocycles. The molecular weight excluding hydrogens is 553 g/mol. The SMILES string of the molecule is Cc1nc2ccccc2c(CN(Cc2ccc(-c3cccc(C(C)(C)C(=O)O)c3)cc2)Cc2ccc(C(F)(F)F)o2)c1C. The first-order valence-electron chi connectivity index (χ1n) is 14.0. The highest BCUT2D eigenvalue weighted by atomic mass is 19.4. The number of rotatable bonds is 9. The van der Waals surface area contributed by atoms with Crippen LogP contribution in [0.5, 0.6) is 0 Å². The van der Waals surface area contributed by atoms with Gasteiger partial charge in [0.2, 0.25) is 5.76 Å². The maximum atomic E-state index is 13.3. The first-order chi connectivity index (χ1) is 20.3. The van der Waals surface area contributed by atoms with Crippen LogP contribution in [0.2, 0.25) is 0 Å². The third-order valence-corrected chi connectivity index (χ3v) is 8.03. The number of aliphatic carboxylic acids is 1. The summed E-state index contributed by atoms with van der Waals surface area (Å²) in [5.41, 5.74) is 6.38. The first kappa shape index (κ1) is 30.0. The van der Waals surface area contributed by atoms with Crippen LogP contribution in [0.25, 0.3) is 22.0 Å². The Morgan fingerprint density at radius 3 is 2.26 bits per heavy atom. The van der Waals surface area contributed by atoms with Crippen LogP contribution in [0.1, 0.15) is 53.3 Å². The molecule has 5 aromatic rings. The summed E-state index contributed by atoms with van der Waals surface area (Å²) in [5, 5.41) is 10.7. The number of carboxylic acid groups (broad SMARTS) is 1. The average Bonchev–Trinajstić information content (AvgIpc) is 3.45. The number of carboxylic acids is 1. The van der Waals surface area contributed by atoms with Gasteiger partial charge in [-0.15, -0.1) is 0 Å². The summed E-state index contributed by atoms with van der Waals surface area (Å²) in [6, 6.07) is 25.7. The monoisotopic (exact) mass is 586 g/mol. The molecule has 0 aliphatic rings. The van der Waals surface area contributed by atoms with Gasteiger partial charge in [0.05, 0.1) is 17.5 Å². The van der Waals surface area contributed by atoms with Crippen LogP contribution in [0, 0.1) is 13.8 Å². The van der Waals surface area contributed by atoms with Crippen molar-refractivity contribution in [2.45, 2.75) is 58.9 Å². The van der Waals surface area contributed by atoms with Crippen LogP contribution in [-0.2, 0) is 36.0 Å². The van der Waals surface area contributed by atoms with Gasteiger partial charge < -0.3 is 9.52 Å². The largest absolute Gasteiger partial charge is 0.481 e. The summed E-state index contributed by atoms with van der Waals surface area (Å²) in [6.07, 6.45) is -4.55. The van der Waals surface area contributed by atoms with Crippen molar-refractivity contribution in [2.75, 3.05) is 0 Å². The minimum absolute atomic E-state index is 0.180. The molecule has 5 rings (SSSR count). The van der Waals surface area contributed by atoms with Crippen molar-refractivity contribution >= 4 is 16.9 Å². The number of pyridine rings is 1. The van der Waals surface area contributed by atoms with E-state index in [0.717, 1.165) is 50.5 Å².